The number of H-pyrrole nitrogens is 1. The standard InChI is InChI=1S/C28H28ClF3N8O4/c1-4-19-23(38-7-9-39(10-8-38)27(44)22-24(42)15(3)36-37-22)25(43)21-26(34-14(2)12-33-21)40(19)13-20(41)35-18-6-5-16(11-17(18)29)28(30,31)32/h5-6,11-12,42H,4,7-10,13H2,1-3H3,(H,35,41)(H,36,37). The van der Waals surface area contributed by atoms with E-state index >= 15 is 0 Å². The Morgan fingerprint density at radius 2 is 1.86 bits per heavy atom. The molecule has 0 radical (unpaired) electrons. The smallest absolute Gasteiger partial charge is 0.416 e. The number of hydrogen-bond donors (Lipinski definition) is 3. The molecule has 0 bridgehead atoms. The molecule has 0 atom stereocenters. The Kier molecular flexibility index (Phi) is 8.25. The number of benzene rings is 1. The molecule has 0 saturated carbocycles. The van der Waals surface area contributed by atoms with Crippen LogP contribution in [0.25, 0.3) is 11.2 Å². The highest BCUT2D eigenvalue weighted by molar-refractivity contribution is 6.33. The lowest BCUT2D eigenvalue weighted by Gasteiger charge is -2.37. The van der Waals surface area contributed by atoms with Gasteiger partial charge in [0.25, 0.3) is 5.91 Å². The number of alkyl halides is 3. The van der Waals surface area contributed by atoms with Gasteiger partial charge >= 0.3 is 6.18 Å². The Balaban J connectivity index is 1.46. The number of halogens is 4. The molecule has 16 heteroatoms. The number of hydrogen-bond acceptors (Lipinski definition) is 8. The van der Waals surface area contributed by atoms with Gasteiger partial charge in [0.05, 0.1) is 22.0 Å². The van der Waals surface area contributed by atoms with Gasteiger partial charge in [0.15, 0.2) is 22.6 Å². The molecule has 1 aromatic carbocycles. The lowest BCUT2D eigenvalue weighted by atomic mass is 10.1. The van der Waals surface area contributed by atoms with Gasteiger partial charge in [0.1, 0.15) is 17.9 Å². The maximum atomic E-state index is 13.8. The Hall–Kier alpha value is -4.66. The summed E-state index contributed by atoms with van der Waals surface area (Å²) in [5.74, 6) is -1.24. The summed E-state index contributed by atoms with van der Waals surface area (Å²) >= 11 is 6.05. The predicted molar refractivity (Wildman–Crippen MR) is 156 cm³/mol. The summed E-state index contributed by atoms with van der Waals surface area (Å²) in [5, 5.41) is 18.8. The number of nitrogens with zero attached hydrogens (tertiary/aromatic N) is 6. The number of rotatable bonds is 6. The lowest BCUT2D eigenvalue weighted by molar-refractivity contribution is -0.137. The van der Waals surface area contributed by atoms with Gasteiger partial charge in [-0.2, -0.15) is 18.3 Å². The zero-order valence-corrected chi connectivity index (χ0v) is 24.7. The zero-order valence-electron chi connectivity index (χ0n) is 23.9. The second kappa shape index (κ2) is 11.8. The quantitative estimate of drug-likeness (QED) is 0.292. The largest absolute Gasteiger partial charge is 0.504 e. The van der Waals surface area contributed by atoms with Crippen molar-refractivity contribution in [2.45, 2.75) is 39.9 Å². The van der Waals surface area contributed by atoms with Gasteiger partial charge in [-0.1, -0.05) is 18.5 Å². The second-order valence-electron chi connectivity index (χ2n) is 10.3. The maximum absolute atomic E-state index is 13.8. The normalized spacial score (nSPS) is 13.9. The van der Waals surface area contributed by atoms with Crippen molar-refractivity contribution in [3.8, 4) is 5.75 Å². The predicted octanol–water partition coefficient (Wildman–Crippen LogP) is 3.67. The number of carbonyl (C=O) groups is 2. The van der Waals surface area contributed by atoms with E-state index in [2.05, 4.69) is 25.5 Å². The summed E-state index contributed by atoms with van der Waals surface area (Å²) in [6.45, 7) is 5.78. The highest BCUT2D eigenvalue weighted by Gasteiger charge is 2.32. The second-order valence-corrected chi connectivity index (χ2v) is 10.7. The number of aromatic amines is 1. The summed E-state index contributed by atoms with van der Waals surface area (Å²) in [6.07, 6.45) is -2.82. The number of amides is 2. The van der Waals surface area contributed by atoms with Gasteiger partial charge < -0.3 is 24.8 Å². The van der Waals surface area contributed by atoms with E-state index in [1.54, 1.807) is 23.3 Å². The minimum absolute atomic E-state index is 0.00478. The van der Waals surface area contributed by atoms with Crippen molar-refractivity contribution < 1.29 is 27.9 Å². The van der Waals surface area contributed by atoms with Crippen LogP contribution in [0.1, 0.15) is 40.1 Å². The molecule has 0 aliphatic carbocycles. The lowest BCUT2D eigenvalue weighted by Crippen LogP contribution is -2.50. The number of anilines is 2. The fourth-order valence-electron chi connectivity index (χ4n) is 5.16. The first kappa shape index (κ1) is 30.8. The monoisotopic (exact) mass is 632 g/mol. The average Bonchev–Trinajstić information content (AvgIpc) is 3.31. The van der Waals surface area contributed by atoms with Crippen molar-refractivity contribution in [3.05, 3.63) is 68.0 Å². The number of nitrogens with one attached hydrogen (secondary N) is 2. The van der Waals surface area contributed by atoms with Crippen LogP contribution in [0.2, 0.25) is 5.02 Å². The van der Waals surface area contributed by atoms with E-state index in [1.165, 1.54) is 6.20 Å². The van der Waals surface area contributed by atoms with E-state index in [0.29, 0.717) is 29.2 Å². The molecule has 12 nitrogen and oxygen atoms in total. The molecule has 4 heterocycles. The van der Waals surface area contributed by atoms with Crippen LogP contribution in [-0.2, 0) is 23.9 Å². The molecule has 2 amide bonds. The minimum Gasteiger partial charge on any atom is -0.504 e. The molecule has 1 fully saturated rings. The number of aryl methyl sites for hydroxylation is 2. The van der Waals surface area contributed by atoms with Crippen molar-refractivity contribution in [2.75, 3.05) is 36.4 Å². The number of fused-ring (bicyclic) bond motifs is 1. The highest BCUT2D eigenvalue weighted by atomic mass is 35.5. The molecule has 44 heavy (non-hydrogen) atoms. The van der Waals surface area contributed by atoms with Crippen molar-refractivity contribution in [3.63, 3.8) is 0 Å². The third kappa shape index (κ3) is 5.78. The molecule has 4 aromatic rings. The molecule has 5 rings (SSSR count). The number of piperazine rings is 1. The summed E-state index contributed by atoms with van der Waals surface area (Å²) < 4.78 is 40.8. The van der Waals surface area contributed by atoms with Crippen LogP contribution < -0.4 is 15.6 Å². The SMILES string of the molecule is CCc1c(N2CCN(C(=O)c3[nH]nc(C)c3O)CC2)c(=O)c2ncc(C)nc2n1CC(=O)Nc1ccc(C(F)(F)F)cc1Cl. The first-order chi connectivity index (χ1) is 20.8. The number of carbonyl (C=O) groups excluding carboxylic acids is 2. The van der Waals surface area contributed by atoms with Crippen molar-refractivity contribution in [2.24, 2.45) is 0 Å². The minimum atomic E-state index is -4.59. The number of aromatic hydroxyl groups is 1. The van der Waals surface area contributed by atoms with Crippen LogP contribution in [0.3, 0.4) is 0 Å². The number of pyridine rings is 1. The van der Waals surface area contributed by atoms with Crippen LogP contribution in [0.5, 0.6) is 5.75 Å². The first-order valence-corrected chi connectivity index (χ1v) is 14.0. The van der Waals surface area contributed by atoms with E-state index in [4.69, 9.17) is 11.6 Å². The van der Waals surface area contributed by atoms with Crippen molar-refractivity contribution in [1.29, 1.82) is 0 Å². The molecule has 1 aliphatic heterocycles. The highest BCUT2D eigenvalue weighted by Crippen LogP contribution is 2.34. The third-order valence-corrected chi connectivity index (χ3v) is 7.69. The Morgan fingerprint density at radius 1 is 1.16 bits per heavy atom. The molecule has 0 unspecified atom stereocenters. The van der Waals surface area contributed by atoms with Gasteiger partial charge in [-0.25, -0.2) is 9.97 Å². The van der Waals surface area contributed by atoms with Gasteiger partial charge in [-0.05, 0) is 38.5 Å². The topological polar surface area (TPSA) is 149 Å². The fraction of sp³-hybridized carbons (Fsp3) is 0.357. The fourth-order valence-corrected chi connectivity index (χ4v) is 5.39. The van der Waals surface area contributed by atoms with E-state index in [1.807, 2.05) is 11.8 Å². The molecular weight excluding hydrogens is 605 g/mol. The molecule has 1 saturated heterocycles. The van der Waals surface area contributed by atoms with E-state index in [0.717, 1.165) is 18.2 Å². The molecule has 3 aromatic heterocycles. The van der Waals surface area contributed by atoms with Crippen molar-refractivity contribution in [1.82, 2.24) is 29.6 Å². The van der Waals surface area contributed by atoms with Crippen LogP contribution in [0.4, 0.5) is 24.5 Å². The van der Waals surface area contributed by atoms with Crippen LogP contribution in [0.15, 0.2) is 29.2 Å². The Labute approximate surface area is 253 Å². The van der Waals surface area contributed by atoms with Crippen molar-refractivity contribution >= 4 is 46.0 Å². The zero-order chi connectivity index (χ0) is 31.9. The van der Waals surface area contributed by atoms with Crippen LogP contribution in [-0.4, -0.2) is 72.7 Å². The summed E-state index contributed by atoms with van der Waals surface area (Å²) in [6, 6.07) is 2.63. The maximum Gasteiger partial charge on any atom is 0.416 e. The van der Waals surface area contributed by atoms with E-state index < -0.39 is 23.6 Å². The van der Waals surface area contributed by atoms with Gasteiger partial charge in [-0.3, -0.25) is 19.5 Å². The summed E-state index contributed by atoms with van der Waals surface area (Å²) in [7, 11) is 0. The van der Waals surface area contributed by atoms with Crippen LogP contribution >= 0.6 is 11.6 Å². The molecule has 232 valence electrons. The van der Waals surface area contributed by atoms with Gasteiger partial charge in [0, 0.05) is 38.1 Å². The third-order valence-electron chi connectivity index (χ3n) is 7.38. The Morgan fingerprint density at radius 3 is 2.45 bits per heavy atom. The molecule has 0 spiro atoms. The Bertz CT molecular complexity index is 1830. The van der Waals surface area contributed by atoms with E-state index in [9.17, 15) is 32.7 Å². The summed E-state index contributed by atoms with van der Waals surface area (Å²) in [4.78, 5) is 52.2. The van der Waals surface area contributed by atoms with E-state index in [-0.39, 0.29) is 71.5 Å². The summed E-state index contributed by atoms with van der Waals surface area (Å²) in [5.41, 5.74) is 0.500. The first-order valence-electron chi connectivity index (χ1n) is 13.6. The molecule has 1 aliphatic rings. The van der Waals surface area contributed by atoms with Crippen LogP contribution in [0, 0.1) is 13.8 Å². The molecule has 3 N–H and O–H groups in total. The van der Waals surface area contributed by atoms with Gasteiger partial charge in [0.2, 0.25) is 11.3 Å². The number of aromatic nitrogens is 5. The van der Waals surface area contributed by atoms with Gasteiger partial charge in [-0.15, -0.1) is 0 Å². The average molecular weight is 633 g/mol. The molecular formula is C28H28ClF3N8O4.